The van der Waals surface area contributed by atoms with E-state index in [1.165, 1.54) is 14.2 Å². The first-order valence-electron chi connectivity index (χ1n) is 22.6. The number of H-pyrrole nitrogens is 2. The monoisotopic (exact) mass is 874 g/mol. The minimum atomic E-state index is -0.728. The van der Waals surface area contributed by atoms with Crippen molar-refractivity contribution < 1.29 is 38.1 Å². The molecule has 4 amide bonds. The first-order valence-corrected chi connectivity index (χ1v) is 22.6. The van der Waals surface area contributed by atoms with E-state index in [0.717, 1.165) is 87.0 Å². The van der Waals surface area contributed by atoms with Gasteiger partial charge in [-0.25, -0.2) is 19.6 Å². The maximum atomic E-state index is 14.3. The Morgan fingerprint density at radius 2 is 1.67 bits per heavy atom. The van der Waals surface area contributed by atoms with Gasteiger partial charge in [-0.05, 0) is 103 Å². The zero-order chi connectivity index (χ0) is 44.8. The summed E-state index contributed by atoms with van der Waals surface area (Å²) >= 11 is 0. The van der Waals surface area contributed by atoms with E-state index in [0.29, 0.717) is 50.9 Å². The van der Waals surface area contributed by atoms with E-state index < -0.39 is 24.3 Å². The summed E-state index contributed by atoms with van der Waals surface area (Å²) < 4.78 is 21.8. The van der Waals surface area contributed by atoms with Gasteiger partial charge in [-0.2, -0.15) is 0 Å². The van der Waals surface area contributed by atoms with E-state index >= 15 is 0 Å². The Morgan fingerprint density at radius 1 is 0.891 bits per heavy atom. The van der Waals surface area contributed by atoms with Crippen molar-refractivity contribution in [2.75, 3.05) is 34.0 Å². The molecular weight excluding hydrogens is 817 g/mol. The fraction of sp³-hybridized carbons (Fsp3) is 0.500. The summed E-state index contributed by atoms with van der Waals surface area (Å²) in [5.74, 6) is 2.05. The number of carbonyl (C=O) groups excluding carboxylic acids is 4. The van der Waals surface area contributed by atoms with E-state index in [1.807, 2.05) is 42.8 Å². The highest BCUT2D eigenvalue weighted by atomic mass is 16.5. The summed E-state index contributed by atoms with van der Waals surface area (Å²) in [5.41, 5.74) is 6.60. The van der Waals surface area contributed by atoms with Crippen molar-refractivity contribution in [1.82, 2.24) is 40.4 Å². The van der Waals surface area contributed by atoms with E-state index in [9.17, 15) is 19.2 Å². The standard InChI is InChI=1S/C48H58N8O8/c1-7-27-18-38(55(23-27)45(57)41(54-48(60)62-6)28-14-16-63-17-15-28)43-49-22-36(51-43)30-9-11-32-31(19-30)24-64-39-21-33-29(20-34(32)39)10-12-35-42(33)52-44(50-35)37-13-8-26(4)56(37)46(58)40(25(2)3)53-47(59)61-5/h9-12,19-22,25-28,37-38,40-41H,7-8,13-18,23-24H2,1-6H3,(H,49,51)(H,50,52)(H,53,59)(H,54,60)/t26-,27-,37-,38-,40-,41?/m0/s1. The molecule has 0 aliphatic carbocycles. The normalized spacial score (nSPS) is 21.9. The van der Waals surface area contributed by atoms with Crippen LogP contribution < -0.4 is 15.4 Å². The highest BCUT2D eigenvalue weighted by Gasteiger charge is 2.44. The lowest BCUT2D eigenvalue weighted by molar-refractivity contribution is -0.138. The number of benzene rings is 3. The Kier molecular flexibility index (Phi) is 12.0. The lowest BCUT2D eigenvalue weighted by atomic mass is 9.90. The fourth-order valence-electron chi connectivity index (χ4n) is 10.3. The number of aromatic nitrogens is 4. The number of imidazole rings is 2. The number of nitrogens with one attached hydrogen (secondary N) is 4. The van der Waals surface area contributed by atoms with Crippen LogP contribution in [0.4, 0.5) is 9.59 Å². The third-order valence-electron chi connectivity index (χ3n) is 13.9. The van der Waals surface area contributed by atoms with Gasteiger partial charge in [0.1, 0.15) is 36.1 Å². The van der Waals surface area contributed by atoms with Crippen molar-refractivity contribution in [3.63, 3.8) is 0 Å². The molecule has 0 spiro atoms. The molecule has 0 bridgehead atoms. The Balaban J connectivity index is 0.964. The summed E-state index contributed by atoms with van der Waals surface area (Å²) in [6.45, 7) is 10.1. The number of aromatic amines is 2. The number of alkyl carbamates (subject to hydrolysis) is 2. The van der Waals surface area contributed by atoms with Crippen molar-refractivity contribution in [3.05, 3.63) is 65.9 Å². The number of amides is 4. The van der Waals surface area contributed by atoms with Gasteiger partial charge in [-0.15, -0.1) is 0 Å². The maximum absolute atomic E-state index is 14.3. The fourth-order valence-corrected chi connectivity index (χ4v) is 10.3. The minimum absolute atomic E-state index is 0.0279. The quantitative estimate of drug-likeness (QED) is 0.109. The van der Waals surface area contributed by atoms with Crippen molar-refractivity contribution in [1.29, 1.82) is 0 Å². The summed E-state index contributed by atoms with van der Waals surface area (Å²) in [7, 11) is 2.61. The number of ether oxygens (including phenoxy) is 4. The minimum Gasteiger partial charge on any atom is -0.488 e. The summed E-state index contributed by atoms with van der Waals surface area (Å²) in [6.07, 6.45) is 5.21. The van der Waals surface area contributed by atoms with E-state index in [4.69, 9.17) is 28.9 Å². The van der Waals surface area contributed by atoms with Crippen molar-refractivity contribution in [3.8, 4) is 28.1 Å². The molecule has 338 valence electrons. The van der Waals surface area contributed by atoms with Gasteiger partial charge in [0.2, 0.25) is 11.8 Å². The van der Waals surface area contributed by atoms with Crippen molar-refractivity contribution in [2.45, 2.75) is 103 Å². The summed E-state index contributed by atoms with van der Waals surface area (Å²) in [4.78, 5) is 73.8. The van der Waals surface area contributed by atoms with Crippen LogP contribution in [0.5, 0.6) is 5.75 Å². The number of carbonyl (C=O) groups is 4. The van der Waals surface area contributed by atoms with Gasteiger partial charge in [-0.3, -0.25) is 9.59 Å². The van der Waals surface area contributed by atoms with Gasteiger partial charge in [-0.1, -0.05) is 45.4 Å². The molecule has 16 heteroatoms. The second-order valence-electron chi connectivity index (χ2n) is 18.1. The molecule has 64 heavy (non-hydrogen) atoms. The highest BCUT2D eigenvalue weighted by Crippen LogP contribution is 2.44. The molecule has 4 aliphatic heterocycles. The van der Waals surface area contributed by atoms with E-state index in [2.05, 4.69) is 63.9 Å². The van der Waals surface area contributed by atoms with Crippen LogP contribution in [0.2, 0.25) is 0 Å². The molecule has 3 fully saturated rings. The van der Waals surface area contributed by atoms with Crippen LogP contribution in [-0.2, 0) is 30.4 Å². The van der Waals surface area contributed by atoms with Gasteiger partial charge in [0.15, 0.2) is 0 Å². The van der Waals surface area contributed by atoms with Crippen LogP contribution in [0.1, 0.15) is 95.5 Å². The summed E-state index contributed by atoms with van der Waals surface area (Å²) in [6, 6.07) is 12.7. The molecule has 16 nitrogen and oxygen atoms in total. The molecule has 6 heterocycles. The molecule has 9 rings (SSSR count). The van der Waals surface area contributed by atoms with E-state index in [-0.39, 0.29) is 41.8 Å². The van der Waals surface area contributed by atoms with Gasteiger partial charge < -0.3 is 49.3 Å². The van der Waals surface area contributed by atoms with Crippen molar-refractivity contribution in [2.24, 2.45) is 17.8 Å². The smallest absolute Gasteiger partial charge is 0.407 e. The Hall–Kier alpha value is -6.16. The van der Waals surface area contributed by atoms with Crippen LogP contribution in [0.3, 0.4) is 0 Å². The largest absolute Gasteiger partial charge is 0.488 e. The third kappa shape index (κ3) is 8.01. The molecule has 0 radical (unpaired) electrons. The number of likely N-dealkylation sites (tertiary alicyclic amines) is 2. The number of fused-ring (bicyclic) bond motifs is 6. The second kappa shape index (κ2) is 17.8. The molecule has 3 aromatic carbocycles. The zero-order valence-corrected chi connectivity index (χ0v) is 37.4. The second-order valence-corrected chi connectivity index (χ2v) is 18.1. The molecule has 2 aromatic heterocycles. The number of hydrogen-bond acceptors (Lipinski definition) is 10. The first-order chi connectivity index (χ1) is 31.0. The molecule has 5 aromatic rings. The topological polar surface area (TPSA) is 193 Å². The SMILES string of the molecule is CC[C@H]1C[C@@H](c2ncc(-c3ccc4c(c3)COc3cc5c(ccc6[nH]c([C@@H]7CC[C@H](C)N7C(=O)[C@@H](NC(=O)OC)C(C)C)nc65)cc3-4)[nH]2)N(C(=O)C(NC(=O)OC)C2CCOCC2)C1. The van der Waals surface area contributed by atoms with Crippen LogP contribution >= 0.6 is 0 Å². The molecule has 6 atom stereocenters. The average molecular weight is 875 g/mol. The molecule has 0 saturated carbocycles. The van der Waals surface area contributed by atoms with Gasteiger partial charge in [0.05, 0.1) is 49.2 Å². The average Bonchev–Trinajstić information content (AvgIpc) is 4.14. The number of hydrogen-bond donors (Lipinski definition) is 4. The molecule has 3 saturated heterocycles. The maximum Gasteiger partial charge on any atom is 0.407 e. The molecular formula is C48H58N8O8. The third-order valence-corrected chi connectivity index (χ3v) is 13.9. The van der Waals surface area contributed by atoms with Crippen LogP contribution in [0, 0.1) is 17.8 Å². The lowest BCUT2D eigenvalue weighted by Crippen LogP contribution is -2.53. The Labute approximate surface area is 372 Å². The Morgan fingerprint density at radius 3 is 2.42 bits per heavy atom. The predicted molar refractivity (Wildman–Crippen MR) is 239 cm³/mol. The number of methoxy groups -OCH3 is 2. The molecule has 1 unspecified atom stereocenters. The van der Waals surface area contributed by atoms with Crippen LogP contribution in [0.25, 0.3) is 44.2 Å². The Bertz CT molecular complexity index is 2580. The summed E-state index contributed by atoms with van der Waals surface area (Å²) in [5, 5.41) is 7.56. The van der Waals surface area contributed by atoms with Crippen LogP contribution in [0.15, 0.2) is 48.7 Å². The van der Waals surface area contributed by atoms with Gasteiger partial charge in [0.25, 0.3) is 0 Å². The highest BCUT2D eigenvalue weighted by molar-refractivity contribution is 6.07. The van der Waals surface area contributed by atoms with E-state index in [1.54, 1.807) is 0 Å². The predicted octanol–water partition coefficient (Wildman–Crippen LogP) is 7.55. The first kappa shape index (κ1) is 43.1. The van der Waals surface area contributed by atoms with Gasteiger partial charge in [0, 0.05) is 36.8 Å². The number of nitrogens with zero attached hydrogens (tertiary/aromatic N) is 4. The van der Waals surface area contributed by atoms with Crippen LogP contribution in [-0.4, -0.2) is 106 Å². The molecule has 4 N–H and O–H groups in total. The van der Waals surface area contributed by atoms with Crippen molar-refractivity contribution >= 4 is 45.8 Å². The molecule has 4 aliphatic rings. The zero-order valence-electron chi connectivity index (χ0n) is 37.4. The number of rotatable bonds is 10. The van der Waals surface area contributed by atoms with Gasteiger partial charge >= 0.3 is 12.2 Å². The lowest BCUT2D eigenvalue weighted by Gasteiger charge is -2.34.